The van der Waals surface area contributed by atoms with E-state index in [1.54, 1.807) is 0 Å². The molecule has 0 bridgehead atoms. The second kappa shape index (κ2) is 4.91. The Balaban J connectivity index is 2.69. The van der Waals surface area contributed by atoms with Gasteiger partial charge in [0.15, 0.2) is 0 Å². The van der Waals surface area contributed by atoms with Crippen LogP contribution in [0.4, 0.5) is 0 Å². The fraction of sp³-hybridized carbons (Fsp3) is 0.500. The maximum Gasteiger partial charge on any atom is 0.0178 e. The van der Waals surface area contributed by atoms with Crippen molar-refractivity contribution >= 4 is 13.9 Å². The summed E-state index contributed by atoms with van der Waals surface area (Å²) in [6, 6.07) is 8.68. The summed E-state index contributed by atoms with van der Waals surface area (Å²) in [6.45, 7) is 7.53. The molecule has 0 aliphatic heterocycles. The normalized spacial score (nSPS) is 12.6. The van der Waals surface area contributed by atoms with Crippen molar-refractivity contribution in [3.63, 3.8) is 0 Å². The Morgan fingerprint density at radius 1 is 1.21 bits per heavy atom. The minimum absolute atomic E-state index is 0.435. The molecule has 2 N–H and O–H groups in total. The highest BCUT2D eigenvalue weighted by atomic mass is 31.1. The van der Waals surface area contributed by atoms with Crippen molar-refractivity contribution in [3.8, 4) is 0 Å². The average molecular weight is 209 g/mol. The van der Waals surface area contributed by atoms with Crippen LogP contribution in [0.3, 0.4) is 0 Å². The third-order valence-corrected chi connectivity index (χ3v) is 4.21. The first-order chi connectivity index (χ1) is 6.57. The maximum absolute atomic E-state index is 5.56. The maximum atomic E-state index is 5.56. The Morgan fingerprint density at radius 2 is 1.79 bits per heavy atom. The topological polar surface area (TPSA) is 26.0 Å². The molecule has 0 spiro atoms. The predicted octanol–water partition coefficient (Wildman–Crippen LogP) is 2.64. The molecule has 0 amide bonds. The van der Waals surface area contributed by atoms with Crippen LogP contribution in [0.5, 0.6) is 0 Å². The third-order valence-electron chi connectivity index (χ3n) is 2.56. The minimum atomic E-state index is 0.435. The van der Waals surface area contributed by atoms with Gasteiger partial charge >= 0.3 is 0 Å². The summed E-state index contributed by atoms with van der Waals surface area (Å²) in [5, 5.41) is 1.87. The van der Waals surface area contributed by atoms with Crippen molar-refractivity contribution in [2.24, 2.45) is 5.73 Å². The van der Waals surface area contributed by atoms with E-state index in [9.17, 15) is 0 Å². The smallest absolute Gasteiger partial charge is 0.0178 e. The molecule has 0 saturated heterocycles. The molecule has 0 saturated carbocycles. The number of hydrogen-bond donors (Lipinski definition) is 1. The van der Waals surface area contributed by atoms with Crippen LogP contribution >= 0.6 is 8.58 Å². The SMILES string of the molecule is CCC(C)(C)Pc1ccc(CN)cc1. The zero-order chi connectivity index (χ0) is 10.6. The molecule has 0 fully saturated rings. The first kappa shape index (κ1) is 11.7. The molecule has 2 heteroatoms. The van der Waals surface area contributed by atoms with E-state index in [-0.39, 0.29) is 0 Å². The van der Waals surface area contributed by atoms with E-state index < -0.39 is 0 Å². The van der Waals surface area contributed by atoms with E-state index in [4.69, 9.17) is 5.73 Å². The van der Waals surface area contributed by atoms with Crippen LogP contribution in [-0.2, 0) is 6.54 Å². The lowest BCUT2D eigenvalue weighted by atomic mass is 10.1. The van der Waals surface area contributed by atoms with Gasteiger partial charge in [0, 0.05) is 6.54 Å². The first-order valence-electron chi connectivity index (χ1n) is 5.14. The van der Waals surface area contributed by atoms with Gasteiger partial charge < -0.3 is 5.73 Å². The monoisotopic (exact) mass is 209 g/mol. The lowest BCUT2D eigenvalue weighted by molar-refractivity contribution is 0.681. The van der Waals surface area contributed by atoms with Crippen molar-refractivity contribution in [1.29, 1.82) is 0 Å². The summed E-state index contributed by atoms with van der Waals surface area (Å²) in [5.74, 6) is 0. The number of nitrogens with two attached hydrogens (primary N) is 1. The number of benzene rings is 1. The van der Waals surface area contributed by atoms with Gasteiger partial charge in [-0.15, -0.1) is 0 Å². The van der Waals surface area contributed by atoms with Gasteiger partial charge in [0.1, 0.15) is 0 Å². The standard InChI is InChI=1S/C12H20NP/c1-4-12(2,3)14-11-7-5-10(9-13)6-8-11/h5-8,14H,4,9,13H2,1-3H3. The highest BCUT2D eigenvalue weighted by Gasteiger charge is 2.15. The fourth-order valence-electron chi connectivity index (χ4n) is 1.20. The molecule has 1 aromatic carbocycles. The minimum Gasteiger partial charge on any atom is -0.326 e. The number of rotatable bonds is 4. The molecule has 1 unspecified atom stereocenters. The lowest BCUT2D eigenvalue weighted by Crippen LogP contribution is -2.15. The molecule has 0 aromatic heterocycles. The Labute approximate surface area is 88.9 Å². The van der Waals surface area contributed by atoms with Crippen molar-refractivity contribution in [2.75, 3.05) is 0 Å². The van der Waals surface area contributed by atoms with Crippen molar-refractivity contribution < 1.29 is 0 Å². The summed E-state index contributed by atoms with van der Waals surface area (Å²) in [7, 11) is 0.888. The molecular formula is C12H20NP. The third kappa shape index (κ3) is 3.40. The Bertz CT molecular complexity index is 277. The summed E-state index contributed by atoms with van der Waals surface area (Å²) in [4.78, 5) is 0. The zero-order valence-electron chi connectivity index (χ0n) is 9.30. The van der Waals surface area contributed by atoms with E-state index in [1.165, 1.54) is 17.3 Å². The molecule has 1 aromatic rings. The highest BCUT2D eigenvalue weighted by Crippen LogP contribution is 2.33. The Morgan fingerprint density at radius 3 is 2.21 bits per heavy atom. The Kier molecular flexibility index (Phi) is 4.10. The van der Waals surface area contributed by atoms with Gasteiger partial charge in [0.2, 0.25) is 0 Å². The fourth-order valence-corrected chi connectivity index (χ4v) is 2.49. The van der Waals surface area contributed by atoms with Crippen LogP contribution in [0.15, 0.2) is 24.3 Å². The molecule has 0 aliphatic rings. The second-order valence-electron chi connectivity index (χ2n) is 4.26. The molecule has 78 valence electrons. The van der Waals surface area contributed by atoms with Crippen LogP contribution < -0.4 is 11.0 Å². The van der Waals surface area contributed by atoms with Crippen molar-refractivity contribution in [2.45, 2.75) is 38.9 Å². The van der Waals surface area contributed by atoms with E-state index in [0.29, 0.717) is 11.7 Å². The summed E-state index contributed by atoms with van der Waals surface area (Å²) in [6.07, 6.45) is 1.23. The van der Waals surface area contributed by atoms with Gasteiger partial charge in [0.05, 0.1) is 0 Å². The van der Waals surface area contributed by atoms with Crippen molar-refractivity contribution in [3.05, 3.63) is 29.8 Å². The lowest BCUT2D eigenvalue weighted by Gasteiger charge is -2.22. The largest absolute Gasteiger partial charge is 0.326 e. The quantitative estimate of drug-likeness (QED) is 0.758. The molecule has 0 heterocycles. The Hall–Kier alpha value is -0.390. The van der Waals surface area contributed by atoms with Gasteiger partial charge in [-0.2, -0.15) is 0 Å². The molecule has 1 rings (SSSR count). The van der Waals surface area contributed by atoms with Crippen LogP contribution in [-0.4, -0.2) is 5.16 Å². The molecule has 1 nitrogen and oxygen atoms in total. The molecule has 0 aliphatic carbocycles. The molecule has 0 radical (unpaired) electrons. The predicted molar refractivity (Wildman–Crippen MR) is 66.7 cm³/mol. The van der Waals surface area contributed by atoms with E-state index in [0.717, 1.165) is 8.58 Å². The van der Waals surface area contributed by atoms with Crippen molar-refractivity contribution in [1.82, 2.24) is 0 Å². The van der Waals surface area contributed by atoms with Crippen LogP contribution in [0, 0.1) is 0 Å². The van der Waals surface area contributed by atoms with Crippen LogP contribution in [0.1, 0.15) is 32.8 Å². The van der Waals surface area contributed by atoms with Gasteiger partial charge in [-0.3, -0.25) is 0 Å². The molecular weight excluding hydrogens is 189 g/mol. The number of hydrogen-bond acceptors (Lipinski definition) is 1. The highest BCUT2D eigenvalue weighted by molar-refractivity contribution is 7.48. The summed E-state index contributed by atoms with van der Waals surface area (Å²) >= 11 is 0. The van der Waals surface area contributed by atoms with Gasteiger partial charge in [-0.05, 0) is 22.4 Å². The second-order valence-corrected chi connectivity index (χ2v) is 6.44. The summed E-state index contributed by atoms with van der Waals surface area (Å²) in [5.41, 5.74) is 6.77. The average Bonchev–Trinajstić information content (AvgIpc) is 2.19. The van der Waals surface area contributed by atoms with Crippen LogP contribution in [0.2, 0.25) is 0 Å². The summed E-state index contributed by atoms with van der Waals surface area (Å²) < 4.78 is 0. The first-order valence-corrected chi connectivity index (χ1v) is 6.14. The van der Waals surface area contributed by atoms with Gasteiger partial charge in [-0.1, -0.05) is 53.6 Å². The zero-order valence-corrected chi connectivity index (χ0v) is 10.3. The van der Waals surface area contributed by atoms with E-state index in [1.807, 2.05) is 0 Å². The van der Waals surface area contributed by atoms with Crippen LogP contribution in [0.25, 0.3) is 0 Å². The van der Waals surface area contributed by atoms with Gasteiger partial charge in [0.25, 0.3) is 0 Å². The van der Waals surface area contributed by atoms with E-state index in [2.05, 4.69) is 45.0 Å². The van der Waals surface area contributed by atoms with Gasteiger partial charge in [-0.25, -0.2) is 0 Å². The molecule has 14 heavy (non-hydrogen) atoms. The van der Waals surface area contributed by atoms with E-state index >= 15 is 0 Å². The molecule has 1 atom stereocenters.